The van der Waals surface area contributed by atoms with E-state index in [2.05, 4.69) is 16.9 Å². The third kappa shape index (κ3) is 1.74. The van der Waals surface area contributed by atoms with E-state index in [1.807, 2.05) is 12.4 Å². The first-order valence-corrected chi connectivity index (χ1v) is 7.69. The number of nitrogens with two attached hydrogens (primary N) is 1. The standard InChI is InChI=1S/C16H23N3/c1-16(17,14-7-18-9-19-8-14)15-12-3-10-2-11(5-12)6-13(15)4-10/h7-13,15H,2-6,17H2,1H3. The Morgan fingerprint density at radius 1 is 1.00 bits per heavy atom. The van der Waals surface area contributed by atoms with Gasteiger partial charge in [-0.05, 0) is 68.6 Å². The molecule has 4 aliphatic carbocycles. The van der Waals surface area contributed by atoms with Crippen LogP contribution in [0.15, 0.2) is 18.7 Å². The second kappa shape index (κ2) is 4.02. The van der Waals surface area contributed by atoms with Gasteiger partial charge in [-0.3, -0.25) is 0 Å². The lowest BCUT2D eigenvalue weighted by Crippen LogP contribution is -2.56. The molecule has 1 aromatic heterocycles. The Morgan fingerprint density at radius 2 is 1.53 bits per heavy atom. The average Bonchev–Trinajstić information content (AvgIpc) is 2.38. The van der Waals surface area contributed by atoms with Gasteiger partial charge in [0.25, 0.3) is 0 Å². The summed E-state index contributed by atoms with van der Waals surface area (Å²) in [6, 6.07) is 0. The van der Waals surface area contributed by atoms with Crippen molar-refractivity contribution in [3.63, 3.8) is 0 Å². The van der Waals surface area contributed by atoms with Gasteiger partial charge in [-0.25, -0.2) is 9.97 Å². The van der Waals surface area contributed by atoms with E-state index in [9.17, 15) is 0 Å². The average molecular weight is 257 g/mol. The summed E-state index contributed by atoms with van der Waals surface area (Å²) >= 11 is 0. The third-order valence-electron chi connectivity index (χ3n) is 6.10. The molecule has 5 rings (SSSR count). The summed E-state index contributed by atoms with van der Waals surface area (Å²) in [7, 11) is 0. The molecule has 4 aliphatic rings. The molecule has 1 unspecified atom stereocenters. The van der Waals surface area contributed by atoms with Crippen molar-refractivity contribution in [2.45, 2.75) is 44.6 Å². The molecule has 1 atom stereocenters. The number of hydrogen-bond acceptors (Lipinski definition) is 3. The maximum absolute atomic E-state index is 6.78. The van der Waals surface area contributed by atoms with E-state index in [0.717, 1.165) is 29.2 Å². The van der Waals surface area contributed by atoms with Crippen molar-refractivity contribution in [2.24, 2.45) is 35.3 Å². The van der Waals surface area contributed by atoms with Crippen molar-refractivity contribution in [2.75, 3.05) is 0 Å². The highest BCUT2D eigenvalue weighted by atomic mass is 14.8. The summed E-state index contributed by atoms with van der Waals surface area (Å²) in [5, 5.41) is 0. The highest BCUT2D eigenvalue weighted by Gasteiger charge is 2.53. The molecule has 0 amide bonds. The summed E-state index contributed by atoms with van der Waals surface area (Å²) in [5.74, 6) is 4.31. The van der Waals surface area contributed by atoms with Crippen molar-refractivity contribution in [1.82, 2.24) is 9.97 Å². The Balaban J connectivity index is 1.68. The molecule has 102 valence electrons. The molecule has 0 spiro atoms. The van der Waals surface area contributed by atoms with Crippen LogP contribution in [0, 0.1) is 29.6 Å². The summed E-state index contributed by atoms with van der Waals surface area (Å²) in [6.45, 7) is 2.21. The fourth-order valence-corrected chi connectivity index (χ4v) is 5.67. The largest absolute Gasteiger partial charge is 0.321 e. The van der Waals surface area contributed by atoms with Crippen molar-refractivity contribution in [1.29, 1.82) is 0 Å². The zero-order valence-corrected chi connectivity index (χ0v) is 11.6. The molecule has 0 aliphatic heterocycles. The summed E-state index contributed by atoms with van der Waals surface area (Å²) < 4.78 is 0. The molecule has 0 aromatic carbocycles. The van der Waals surface area contributed by atoms with Gasteiger partial charge in [0.1, 0.15) is 6.33 Å². The second-order valence-electron chi connectivity index (χ2n) is 7.37. The van der Waals surface area contributed by atoms with Crippen LogP contribution in [0.25, 0.3) is 0 Å². The van der Waals surface area contributed by atoms with Crippen LogP contribution < -0.4 is 5.73 Å². The van der Waals surface area contributed by atoms with Crippen LogP contribution in [0.3, 0.4) is 0 Å². The molecular weight excluding hydrogens is 234 g/mol. The Kier molecular flexibility index (Phi) is 2.50. The van der Waals surface area contributed by atoms with Gasteiger partial charge >= 0.3 is 0 Å². The van der Waals surface area contributed by atoms with Crippen molar-refractivity contribution >= 4 is 0 Å². The fraction of sp³-hybridized carbons (Fsp3) is 0.750. The number of rotatable bonds is 2. The summed E-state index contributed by atoms with van der Waals surface area (Å²) in [6.07, 6.45) is 12.6. The molecule has 4 bridgehead atoms. The summed E-state index contributed by atoms with van der Waals surface area (Å²) in [4.78, 5) is 8.34. The van der Waals surface area contributed by atoms with Crippen LogP contribution in [0.4, 0.5) is 0 Å². The molecule has 0 radical (unpaired) electrons. The molecule has 19 heavy (non-hydrogen) atoms. The molecule has 1 aromatic rings. The first kappa shape index (κ1) is 11.8. The molecule has 1 heterocycles. The topological polar surface area (TPSA) is 51.8 Å². The van der Waals surface area contributed by atoms with E-state index < -0.39 is 0 Å². The van der Waals surface area contributed by atoms with Crippen molar-refractivity contribution < 1.29 is 0 Å². The number of hydrogen-bond donors (Lipinski definition) is 1. The van der Waals surface area contributed by atoms with Gasteiger partial charge in [0.15, 0.2) is 0 Å². The van der Waals surface area contributed by atoms with Gasteiger partial charge in [-0.2, -0.15) is 0 Å². The van der Waals surface area contributed by atoms with Gasteiger partial charge in [-0.1, -0.05) is 0 Å². The van der Waals surface area contributed by atoms with E-state index in [1.54, 1.807) is 6.33 Å². The minimum absolute atomic E-state index is 0.260. The number of nitrogens with zero attached hydrogens (tertiary/aromatic N) is 2. The van der Waals surface area contributed by atoms with Gasteiger partial charge in [0, 0.05) is 23.5 Å². The van der Waals surface area contributed by atoms with Crippen molar-refractivity contribution in [3.8, 4) is 0 Å². The minimum Gasteiger partial charge on any atom is -0.321 e. The Hall–Kier alpha value is -0.960. The van der Waals surface area contributed by atoms with Crippen LogP contribution >= 0.6 is 0 Å². The quantitative estimate of drug-likeness (QED) is 0.886. The van der Waals surface area contributed by atoms with Gasteiger partial charge in [-0.15, -0.1) is 0 Å². The Morgan fingerprint density at radius 3 is 2.05 bits per heavy atom. The lowest BCUT2D eigenvalue weighted by molar-refractivity contribution is -0.0678. The van der Waals surface area contributed by atoms with Crippen LogP contribution in [-0.4, -0.2) is 9.97 Å². The maximum atomic E-state index is 6.78. The zero-order chi connectivity index (χ0) is 13.0. The van der Waals surface area contributed by atoms with Crippen molar-refractivity contribution in [3.05, 3.63) is 24.3 Å². The normalized spacial score (nSPS) is 43.2. The first-order valence-electron chi connectivity index (χ1n) is 7.69. The van der Waals surface area contributed by atoms with Crippen LogP contribution in [-0.2, 0) is 5.54 Å². The van der Waals surface area contributed by atoms with E-state index in [-0.39, 0.29) is 5.54 Å². The molecule has 3 heteroatoms. The molecule has 3 nitrogen and oxygen atoms in total. The minimum atomic E-state index is -0.260. The predicted molar refractivity (Wildman–Crippen MR) is 74.1 cm³/mol. The van der Waals surface area contributed by atoms with Crippen LogP contribution in [0.5, 0.6) is 0 Å². The molecule has 0 saturated heterocycles. The molecular formula is C16H23N3. The molecule has 4 fully saturated rings. The van der Waals surface area contributed by atoms with Gasteiger partial charge < -0.3 is 5.73 Å². The number of aromatic nitrogens is 2. The van der Waals surface area contributed by atoms with Gasteiger partial charge in [0.05, 0.1) is 0 Å². The SMILES string of the molecule is CC(N)(c1cncnc1)C1C2CC3CC(C2)CC1C3. The molecule has 2 N–H and O–H groups in total. The smallest absolute Gasteiger partial charge is 0.115 e. The Bertz CT molecular complexity index is 440. The molecule has 4 saturated carbocycles. The lowest BCUT2D eigenvalue weighted by atomic mass is 9.48. The van der Waals surface area contributed by atoms with E-state index in [0.29, 0.717) is 5.92 Å². The zero-order valence-electron chi connectivity index (χ0n) is 11.6. The highest BCUT2D eigenvalue weighted by Crippen LogP contribution is 2.60. The predicted octanol–water partition coefficient (Wildman–Crippen LogP) is 2.72. The Labute approximate surface area is 115 Å². The second-order valence-corrected chi connectivity index (χ2v) is 7.37. The van der Waals surface area contributed by atoms with Crippen LogP contribution in [0.2, 0.25) is 0 Å². The van der Waals surface area contributed by atoms with Crippen LogP contribution in [0.1, 0.15) is 44.6 Å². The van der Waals surface area contributed by atoms with Gasteiger partial charge in [0.2, 0.25) is 0 Å². The first-order chi connectivity index (χ1) is 9.14. The lowest BCUT2D eigenvalue weighted by Gasteiger charge is -2.58. The summed E-state index contributed by atoms with van der Waals surface area (Å²) in [5.41, 5.74) is 7.64. The highest BCUT2D eigenvalue weighted by molar-refractivity contribution is 5.20. The fourth-order valence-electron chi connectivity index (χ4n) is 5.67. The van der Waals surface area contributed by atoms with E-state index >= 15 is 0 Å². The maximum Gasteiger partial charge on any atom is 0.115 e. The monoisotopic (exact) mass is 257 g/mol. The van der Waals surface area contributed by atoms with E-state index in [4.69, 9.17) is 5.73 Å². The van der Waals surface area contributed by atoms with E-state index in [1.165, 1.54) is 32.1 Å². The third-order valence-corrected chi connectivity index (χ3v) is 6.10.